The number of aliphatic hydroxyl groups excluding tert-OH is 1. The smallest absolute Gasteiger partial charge is 0.273 e. The Morgan fingerprint density at radius 2 is 1.81 bits per heavy atom. The molecule has 13 heteroatoms. The molecule has 54 heavy (non-hydrogen) atoms. The van der Waals surface area contributed by atoms with E-state index in [0.717, 1.165) is 16.8 Å². The van der Waals surface area contributed by atoms with Crippen LogP contribution in [0.1, 0.15) is 89.3 Å². The second-order valence-electron chi connectivity index (χ2n) is 15.1. The molecule has 1 spiro atoms. The molecule has 0 aliphatic carbocycles. The van der Waals surface area contributed by atoms with Crippen LogP contribution in [0.15, 0.2) is 71.3 Å². The zero-order valence-electron chi connectivity index (χ0n) is 30.2. The van der Waals surface area contributed by atoms with Gasteiger partial charge in [0, 0.05) is 40.7 Å². The van der Waals surface area contributed by atoms with Gasteiger partial charge in [-0.3, -0.25) is 19.2 Å². The molecule has 0 saturated heterocycles. The van der Waals surface area contributed by atoms with E-state index < -0.39 is 53.1 Å². The molecule has 3 aromatic carbocycles. The highest BCUT2D eigenvalue weighted by atomic mass is 16.5. The number of H-pyrrole nitrogens is 1. The van der Waals surface area contributed by atoms with Crippen molar-refractivity contribution < 1.29 is 38.5 Å². The second kappa shape index (κ2) is 13.2. The van der Waals surface area contributed by atoms with E-state index in [2.05, 4.69) is 20.9 Å². The molecule has 3 aliphatic rings. The number of ether oxygens (including phenoxy) is 1. The van der Waals surface area contributed by atoms with Crippen molar-refractivity contribution in [3.63, 3.8) is 0 Å². The maximum atomic E-state index is 14.4. The molecule has 1 unspecified atom stereocenters. The average molecular weight is 732 g/mol. The third-order valence-electron chi connectivity index (χ3n) is 10.9. The highest BCUT2D eigenvalue weighted by Gasteiger charge is 2.61. The first-order chi connectivity index (χ1) is 25.9. The van der Waals surface area contributed by atoms with Gasteiger partial charge in [-0.2, -0.15) is 0 Å². The van der Waals surface area contributed by atoms with Crippen LogP contribution in [0.3, 0.4) is 0 Å². The molecule has 0 saturated carbocycles. The summed E-state index contributed by atoms with van der Waals surface area (Å²) in [6.07, 6.45) is -0.458. The minimum Gasteiger partial charge on any atom is -0.506 e. The number of phenolic OH excluding ortho intramolecular Hbond substituents is 1. The first-order valence-corrected chi connectivity index (χ1v) is 18.2. The van der Waals surface area contributed by atoms with Gasteiger partial charge in [-0.25, -0.2) is 4.98 Å². The van der Waals surface area contributed by atoms with Gasteiger partial charge in [-0.1, -0.05) is 70.2 Å². The molecule has 6 N–H and O–H groups in total. The summed E-state index contributed by atoms with van der Waals surface area (Å²) in [6.45, 7) is 6.88. The van der Waals surface area contributed by atoms with Gasteiger partial charge in [-0.15, -0.1) is 0 Å². The lowest BCUT2D eigenvalue weighted by Crippen LogP contribution is -2.42. The number of amides is 2. The van der Waals surface area contributed by atoms with Gasteiger partial charge < -0.3 is 40.3 Å². The number of fused-ring (bicyclic) bond motifs is 5. The number of aromatic hydroxyl groups is 1. The Morgan fingerprint density at radius 3 is 2.59 bits per heavy atom. The number of nitrogens with zero attached hydrogens (tertiary/aromatic N) is 1. The quantitative estimate of drug-likeness (QED) is 0.113. The van der Waals surface area contributed by atoms with Crippen LogP contribution >= 0.6 is 0 Å². The van der Waals surface area contributed by atoms with Crippen LogP contribution < -0.4 is 20.7 Å². The molecule has 4 bridgehead atoms. The van der Waals surface area contributed by atoms with Crippen LogP contribution in [0.25, 0.3) is 10.9 Å². The number of aromatic amines is 1. The lowest BCUT2D eigenvalue weighted by molar-refractivity contribution is -0.135. The van der Waals surface area contributed by atoms with E-state index in [1.165, 1.54) is 12.3 Å². The van der Waals surface area contributed by atoms with Gasteiger partial charge in [0.25, 0.3) is 5.91 Å². The number of anilines is 1. The standard InChI is InChI=1S/C41H41N5O8/c1-19(2)32-39-46-34(38(52)43-18-30(49)24-17-42-33-23(24)8-7-11-28(33)47)36(54-39)41-25-9-5-6-10-27(25)44-40(41)53-31-13-12-21(15-26(31)41)14-22(37(51)45-32)16-29(48)35(50)20(3)4/h5-13,15,17,19-20,22,32,35,40,42,44,47,50H,14,16,18H2,1-4H3,(H,43,52)(H,45,51)/t22-,32+,35+,40+,41?/m1/s1. The number of aliphatic hydroxyl groups is 1. The van der Waals surface area contributed by atoms with Crippen LogP contribution in [0, 0.1) is 17.8 Å². The molecule has 2 aromatic heterocycles. The molecule has 278 valence electrons. The van der Waals surface area contributed by atoms with Gasteiger partial charge >= 0.3 is 0 Å². The molecule has 8 rings (SSSR count). The third-order valence-corrected chi connectivity index (χ3v) is 10.9. The van der Waals surface area contributed by atoms with E-state index >= 15 is 0 Å². The van der Waals surface area contributed by atoms with E-state index in [1.54, 1.807) is 26.0 Å². The number of oxazole rings is 1. The van der Waals surface area contributed by atoms with E-state index in [0.29, 0.717) is 27.8 Å². The monoisotopic (exact) mass is 731 g/mol. The third kappa shape index (κ3) is 5.53. The molecular formula is C41H41N5O8. The molecule has 13 nitrogen and oxygen atoms in total. The number of hydrogen-bond acceptors (Lipinski definition) is 10. The summed E-state index contributed by atoms with van der Waals surface area (Å²) < 4.78 is 13.3. The highest BCUT2D eigenvalue weighted by molar-refractivity contribution is 6.11. The molecule has 0 radical (unpaired) electrons. The Bertz CT molecular complexity index is 2340. The number of carbonyl (C=O) groups is 4. The van der Waals surface area contributed by atoms with E-state index in [4.69, 9.17) is 14.1 Å². The van der Waals surface area contributed by atoms with E-state index in [-0.39, 0.29) is 54.3 Å². The van der Waals surface area contributed by atoms with Crippen molar-refractivity contribution in [3.05, 3.63) is 106 Å². The van der Waals surface area contributed by atoms with Crippen LogP contribution in [0.2, 0.25) is 0 Å². The Labute approximate surface area is 310 Å². The molecule has 2 amide bonds. The molecule has 5 heterocycles. The summed E-state index contributed by atoms with van der Waals surface area (Å²) >= 11 is 0. The number of phenols is 1. The normalized spacial score (nSPS) is 21.7. The maximum Gasteiger partial charge on any atom is 0.273 e. The van der Waals surface area contributed by atoms with E-state index in [9.17, 15) is 29.4 Å². The summed E-state index contributed by atoms with van der Waals surface area (Å²) in [6, 6.07) is 17.3. The number of rotatable bonds is 9. The van der Waals surface area contributed by atoms with Crippen molar-refractivity contribution in [1.29, 1.82) is 0 Å². The minimum absolute atomic E-state index is 0.00124. The highest BCUT2D eigenvalue weighted by Crippen LogP contribution is 2.58. The number of para-hydroxylation sites is 2. The SMILES string of the molecule is CC(C)[C@H](O)C(=O)C[C@H]1Cc2ccc3c(c2)C2(c4ccccc4N[C@H]2O3)c2oc(nc2C(=O)NCC(=O)c2c[nH]c3c(O)cccc23)[C@H](C(C)C)NC1=O. The molecule has 3 aliphatic heterocycles. The number of ketones is 2. The predicted molar refractivity (Wildman–Crippen MR) is 197 cm³/mol. The van der Waals surface area contributed by atoms with Crippen molar-refractivity contribution in [2.75, 3.05) is 11.9 Å². The first kappa shape index (κ1) is 35.1. The van der Waals surface area contributed by atoms with Crippen molar-refractivity contribution in [3.8, 4) is 11.5 Å². The number of carbonyl (C=O) groups excluding carboxylic acids is 4. The fourth-order valence-corrected chi connectivity index (χ4v) is 8.01. The van der Waals surface area contributed by atoms with Gasteiger partial charge in [0.1, 0.15) is 29.1 Å². The van der Waals surface area contributed by atoms with Gasteiger partial charge in [0.2, 0.25) is 11.8 Å². The molecular weight excluding hydrogens is 690 g/mol. The molecule has 0 fully saturated rings. The maximum absolute atomic E-state index is 14.4. The summed E-state index contributed by atoms with van der Waals surface area (Å²) in [7, 11) is 0. The Kier molecular flexibility index (Phi) is 8.56. The first-order valence-electron chi connectivity index (χ1n) is 18.2. The van der Waals surface area contributed by atoms with Crippen LogP contribution in [0.4, 0.5) is 5.69 Å². The number of Topliss-reactive ketones (excluding diaryl/α,β-unsaturated/α-hetero) is 2. The number of nitrogens with one attached hydrogen (secondary N) is 4. The van der Waals surface area contributed by atoms with Gasteiger partial charge in [0.05, 0.1) is 12.1 Å². The Morgan fingerprint density at radius 1 is 1.02 bits per heavy atom. The van der Waals surface area contributed by atoms with Crippen LogP contribution in [-0.4, -0.2) is 62.4 Å². The fourth-order valence-electron chi connectivity index (χ4n) is 8.01. The second-order valence-corrected chi connectivity index (χ2v) is 15.1. The number of benzene rings is 3. The lowest BCUT2D eigenvalue weighted by atomic mass is 9.72. The molecule has 5 aromatic rings. The number of aromatic nitrogens is 2. The largest absolute Gasteiger partial charge is 0.506 e. The van der Waals surface area contributed by atoms with Crippen molar-refractivity contribution in [1.82, 2.24) is 20.6 Å². The summed E-state index contributed by atoms with van der Waals surface area (Å²) in [5.41, 5.74) is 2.40. The van der Waals surface area contributed by atoms with Crippen molar-refractivity contribution in [2.24, 2.45) is 17.8 Å². The Balaban J connectivity index is 1.25. The predicted octanol–water partition coefficient (Wildman–Crippen LogP) is 4.91. The van der Waals surface area contributed by atoms with Gasteiger partial charge in [-0.05, 0) is 47.6 Å². The van der Waals surface area contributed by atoms with Crippen LogP contribution in [-0.2, 0) is 21.4 Å². The van der Waals surface area contributed by atoms with Crippen LogP contribution in [0.5, 0.6) is 11.5 Å². The van der Waals surface area contributed by atoms with Gasteiger partial charge in [0.15, 0.2) is 29.2 Å². The lowest BCUT2D eigenvalue weighted by Gasteiger charge is -2.28. The van der Waals surface area contributed by atoms with Crippen molar-refractivity contribution >= 4 is 40.0 Å². The zero-order valence-corrected chi connectivity index (χ0v) is 30.2. The number of hydrogen-bond donors (Lipinski definition) is 6. The van der Waals surface area contributed by atoms with E-state index in [1.807, 2.05) is 56.3 Å². The minimum atomic E-state index is -1.22. The average Bonchev–Trinajstić information content (AvgIpc) is 3.92. The molecule has 5 atom stereocenters. The van der Waals surface area contributed by atoms with Crippen molar-refractivity contribution in [2.45, 2.75) is 64.3 Å². The summed E-state index contributed by atoms with van der Waals surface area (Å²) in [5.74, 6) is -2.53. The fraction of sp³-hybridized carbons (Fsp3) is 0.341. The zero-order chi connectivity index (χ0) is 38.1. The summed E-state index contributed by atoms with van der Waals surface area (Å²) in [5, 5.41) is 30.6. The topological polar surface area (TPSA) is 196 Å². The Hall–Kier alpha value is -5.95. The summed E-state index contributed by atoms with van der Waals surface area (Å²) in [4.78, 5) is 62.9.